The summed E-state index contributed by atoms with van der Waals surface area (Å²) in [4.78, 5) is 10.6. The molecule has 0 N–H and O–H groups in total. The molecule has 2 aliphatic carbocycles. The van der Waals surface area contributed by atoms with E-state index in [1.807, 2.05) is 0 Å². The molecule has 5 aromatic carbocycles. The molecule has 0 bridgehead atoms. The molecule has 378 valence electrons. The summed E-state index contributed by atoms with van der Waals surface area (Å²) >= 11 is 0. The molecule has 2 aromatic heterocycles. The van der Waals surface area contributed by atoms with Crippen molar-refractivity contribution in [1.82, 2.24) is 9.97 Å². The molecular weight excluding hydrogens is 869 g/mol. The van der Waals surface area contributed by atoms with Crippen LogP contribution in [0.25, 0.3) is 66.3 Å². The molecule has 0 saturated heterocycles. The van der Waals surface area contributed by atoms with Gasteiger partial charge in [0.1, 0.15) is 0 Å². The lowest BCUT2D eigenvalue weighted by molar-refractivity contribution is 0.266. The smallest absolute Gasteiger partial charge is 0.0965 e. The van der Waals surface area contributed by atoms with E-state index in [-0.39, 0.29) is 10.8 Å². The van der Waals surface area contributed by atoms with Gasteiger partial charge in [-0.1, -0.05) is 243 Å². The van der Waals surface area contributed by atoms with Crippen molar-refractivity contribution in [2.75, 3.05) is 0 Å². The van der Waals surface area contributed by atoms with E-state index in [4.69, 9.17) is 9.97 Å². The topological polar surface area (TPSA) is 25.8 Å². The minimum absolute atomic E-state index is 0.0102. The van der Waals surface area contributed by atoms with Gasteiger partial charge in [0.2, 0.25) is 0 Å². The first-order chi connectivity index (χ1) is 35.3. The van der Waals surface area contributed by atoms with Gasteiger partial charge in [-0.2, -0.15) is 0 Å². The molecule has 7 aromatic rings. The minimum Gasteiger partial charge on any atom is -0.253 e. The van der Waals surface area contributed by atoms with Gasteiger partial charge in [0.25, 0.3) is 0 Å². The number of hydrogen-bond acceptors (Lipinski definition) is 2. The van der Waals surface area contributed by atoms with Crippen LogP contribution >= 0.6 is 0 Å². The molecule has 2 aliphatic rings. The number of aromatic nitrogens is 2. The number of unbranched alkanes of at least 4 members (excludes halogenated alkanes) is 4. The summed E-state index contributed by atoms with van der Waals surface area (Å²) in [6.45, 7) is 19.2. The Kier molecular flexibility index (Phi) is 16.9. The van der Waals surface area contributed by atoms with Crippen molar-refractivity contribution < 1.29 is 0 Å². The summed E-state index contributed by atoms with van der Waals surface area (Å²) in [5.41, 5.74) is 18.9. The fourth-order valence-electron chi connectivity index (χ4n) is 14.2. The van der Waals surface area contributed by atoms with Crippen molar-refractivity contribution in [3.8, 4) is 44.5 Å². The van der Waals surface area contributed by atoms with E-state index in [1.54, 1.807) is 22.3 Å². The molecule has 0 amide bonds. The average molecular weight is 957 g/mol. The third-order valence-electron chi connectivity index (χ3n) is 18.4. The Morgan fingerprint density at radius 3 is 1.01 bits per heavy atom. The van der Waals surface area contributed by atoms with Crippen molar-refractivity contribution >= 4 is 21.8 Å². The van der Waals surface area contributed by atoms with Gasteiger partial charge in [-0.05, 0) is 129 Å². The van der Waals surface area contributed by atoms with E-state index >= 15 is 0 Å². The lowest BCUT2D eigenvalue weighted by atomic mass is 9.65. The lowest BCUT2D eigenvalue weighted by Crippen LogP contribution is -2.31. The monoisotopic (exact) mass is 957 g/mol. The SMILES string of the molecule is CCCCC(CC)CC1(CC(CC)CCCC)c2ccccc2-c2ccc(-c3cnc4c(ccc5cc(-c6ccc7c(c6)C(CC(CC)CCCC)(CC(CC)CCCC)c6ccccc6-7)cnc54)c3)cc21. The highest BCUT2D eigenvalue weighted by Gasteiger charge is 2.47. The number of hydrogen-bond donors (Lipinski definition) is 0. The molecule has 4 atom stereocenters. The number of pyridine rings is 2. The van der Waals surface area contributed by atoms with Crippen LogP contribution in [0.2, 0.25) is 0 Å². The molecule has 0 saturated carbocycles. The highest BCUT2D eigenvalue weighted by atomic mass is 14.7. The van der Waals surface area contributed by atoms with Crippen LogP contribution in [0.3, 0.4) is 0 Å². The van der Waals surface area contributed by atoms with Crippen LogP contribution in [-0.2, 0) is 10.8 Å². The lowest BCUT2D eigenvalue weighted by Gasteiger charge is -2.39. The first kappa shape index (κ1) is 51.8. The molecule has 0 spiro atoms. The van der Waals surface area contributed by atoms with Crippen molar-refractivity contribution in [1.29, 1.82) is 0 Å². The first-order valence-electron chi connectivity index (χ1n) is 29.5. The second-order valence-electron chi connectivity index (χ2n) is 22.9. The van der Waals surface area contributed by atoms with Crippen molar-refractivity contribution in [3.05, 3.63) is 144 Å². The van der Waals surface area contributed by atoms with Gasteiger partial charge in [0.05, 0.1) is 11.0 Å². The van der Waals surface area contributed by atoms with E-state index in [1.165, 1.54) is 173 Å². The average Bonchev–Trinajstić information content (AvgIpc) is 3.85. The largest absolute Gasteiger partial charge is 0.253 e. The molecular formula is C70H88N2. The van der Waals surface area contributed by atoms with E-state index < -0.39 is 0 Å². The number of fused-ring (bicyclic) bond motifs is 9. The third-order valence-corrected chi connectivity index (χ3v) is 18.4. The molecule has 9 rings (SSSR count). The molecule has 72 heavy (non-hydrogen) atoms. The Morgan fingerprint density at radius 2 is 0.681 bits per heavy atom. The zero-order valence-corrected chi connectivity index (χ0v) is 45.9. The molecule has 0 radical (unpaired) electrons. The van der Waals surface area contributed by atoms with Crippen LogP contribution in [0.1, 0.15) is 206 Å². The second kappa shape index (κ2) is 23.4. The first-order valence-corrected chi connectivity index (χ1v) is 29.5. The van der Waals surface area contributed by atoms with Gasteiger partial charge in [-0.25, -0.2) is 0 Å². The normalized spacial score (nSPS) is 18.4. The van der Waals surface area contributed by atoms with Crippen LogP contribution in [-0.4, -0.2) is 9.97 Å². The number of rotatable bonds is 26. The Morgan fingerprint density at radius 1 is 0.347 bits per heavy atom. The predicted octanol–water partition coefficient (Wildman–Crippen LogP) is 21.1. The summed E-state index contributed by atoms with van der Waals surface area (Å²) in [7, 11) is 0. The van der Waals surface area contributed by atoms with Gasteiger partial charge in [-0.15, -0.1) is 0 Å². The van der Waals surface area contributed by atoms with E-state index in [0.29, 0.717) is 23.7 Å². The van der Waals surface area contributed by atoms with Crippen LogP contribution in [0.5, 0.6) is 0 Å². The van der Waals surface area contributed by atoms with Gasteiger partial charge in [-0.3, -0.25) is 9.97 Å². The predicted molar refractivity (Wildman–Crippen MR) is 312 cm³/mol. The van der Waals surface area contributed by atoms with Gasteiger partial charge < -0.3 is 0 Å². The standard InChI is InChI=1S/C70H88N2/c1-9-17-25-49(13-5)43-69(44-50(14-6)26-18-10-2)63-31-23-21-29-59(63)61-37-35-53(41-65(61)69)57-39-55-33-34-56-40-58(48-72-68(56)67(55)71-47-57)54-36-38-62-60-30-22-24-32-64(60)70(66(62)42-54,45-51(15-7)27-19-11-3)46-52(16-8)28-20-12-4/h21-24,29-42,47-52H,9-20,25-28,43-46H2,1-8H3. The second-order valence-corrected chi connectivity index (χ2v) is 22.9. The number of benzene rings is 5. The summed E-state index contributed by atoms with van der Waals surface area (Å²) in [6.07, 6.45) is 29.7. The molecule has 2 nitrogen and oxygen atoms in total. The quantitative estimate of drug-likeness (QED) is 0.0506. The Labute approximate surface area is 436 Å². The zero-order chi connectivity index (χ0) is 50.2. The fourth-order valence-corrected chi connectivity index (χ4v) is 14.2. The number of nitrogens with zero attached hydrogens (tertiary/aromatic N) is 2. The van der Waals surface area contributed by atoms with Crippen molar-refractivity contribution in [3.63, 3.8) is 0 Å². The van der Waals surface area contributed by atoms with E-state index in [0.717, 1.165) is 21.8 Å². The molecule has 0 fully saturated rings. The van der Waals surface area contributed by atoms with Crippen molar-refractivity contribution in [2.45, 2.75) is 195 Å². The van der Waals surface area contributed by atoms with Gasteiger partial charge in [0, 0.05) is 45.1 Å². The molecule has 4 unspecified atom stereocenters. The van der Waals surface area contributed by atoms with Crippen LogP contribution < -0.4 is 0 Å². The zero-order valence-electron chi connectivity index (χ0n) is 45.9. The minimum atomic E-state index is 0.0102. The molecule has 2 heteroatoms. The Balaban J connectivity index is 1.09. The van der Waals surface area contributed by atoms with Gasteiger partial charge >= 0.3 is 0 Å². The maximum absolute atomic E-state index is 5.29. The van der Waals surface area contributed by atoms with Gasteiger partial charge in [0.15, 0.2) is 0 Å². The van der Waals surface area contributed by atoms with E-state index in [9.17, 15) is 0 Å². The van der Waals surface area contributed by atoms with Crippen molar-refractivity contribution in [2.24, 2.45) is 23.7 Å². The Hall–Kier alpha value is -5.08. The van der Waals surface area contributed by atoms with Crippen LogP contribution in [0, 0.1) is 23.7 Å². The maximum Gasteiger partial charge on any atom is 0.0965 e. The molecule has 2 heterocycles. The fraction of sp³-hybridized carbons (Fsp3) is 0.486. The maximum atomic E-state index is 5.29. The highest BCUT2D eigenvalue weighted by molar-refractivity contribution is 6.04. The Bertz CT molecular complexity index is 2680. The van der Waals surface area contributed by atoms with Crippen LogP contribution in [0.4, 0.5) is 0 Å². The van der Waals surface area contributed by atoms with Crippen LogP contribution in [0.15, 0.2) is 122 Å². The summed E-state index contributed by atoms with van der Waals surface area (Å²) in [6, 6.07) is 43.1. The summed E-state index contributed by atoms with van der Waals surface area (Å²) in [5, 5.41) is 2.29. The highest BCUT2D eigenvalue weighted by Crippen LogP contribution is 2.59. The molecule has 0 aliphatic heterocycles. The third kappa shape index (κ3) is 10.1. The summed E-state index contributed by atoms with van der Waals surface area (Å²) in [5.74, 6) is 2.82. The van der Waals surface area contributed by atoms with E-state index in [2.05, 4.69) is 177 Å². The summed E-state index contributed by atoms with van der Waals surface area (Å²) < 4.78 is 0.